The Bertz CT molecular complexity index is 872. The van der Waals surface area contributed by atoms with Crippen LogP contribution in [0, 0.1) is 6.92 Å². The summed E-state index contributed by atoms with van der Waals surface area (Å²) in [6.45, 7) is 5.30. The van der Waals surface area contributed by atoms with Gasteiger partial charge in [0.05, 0.1) is 0 Å². The minimum atomic E-state index is -3.71. The largest absolute Gasteiger partial charge is 0.346 e. The molecule has 1 heterocycles. The lowest BCUT2D eigenvalue weighted by Gasteiger charge is -2.18. The summed E-state index contributed by atoms with van der Waals surface area (Å²) in [7, 11) is -3.71. The van der Waals surface area contributed by atoms with E-state index in [0.29, 0.717) is 5.56 Å². The number of amides is 2. The van der Waals surface area contributed by atoms with Gasteiger partial charge in [-0.25, -0.2) is 8.42 Å². The number of hydrogen-bond donors (Lipinski definition) is 2. The van der Waals surface area contributed by atoms with Crippen molar-refractivity contribution >= 4 is 33.0 Å². The predicted octanol–water partition coefficient (Wildman–Crippen LogP) is 1.99. The minimum Gasteiger partial charge on any atom is -0.346 e. The van der Waals surface area contributed by atoms with Crippen LogP contribution in [-0.4, -0.2) is 33.3 Å². The smallest absolute Gasteiger partial charge is 0.309 e. The third-order valence-electron chi connectivity index (χ3n) is 3.66. The van der Waals surface area contributed by atoms with E-state index in [1.807, 2.05) is 19.1 Å². The third kappa shape index (κ3) is 4.80. The minimum absolute atomic E-state index is 0.154. The van der Waals surface area contributed by atoms with Gasteiger partial charge in [0.1, 0.15) is 9.46 Å². The molecule has 0 saturated heterocycles. The van der Waals surface area contributed by atoms with E-state index in [4.69, 9.17) is 0 Å². The number of carbonyl (C=O) groups excluding carboxylic acids is 2. The molecule has 8 heteroatoms. The molecule has 2 aromatic rings. The van der Waals surface area contributed by atoms with Crippen LogP contribution in [-0.2, 0) is 19.4 Å². The molecule has 0 radical (unpaired) electrons. The Labute approximate surface area is 156 Å². The first-order valence-corrected chi connectivity index (χ1v) is 10.3. The van der Waals surface area contributed by atoms with Gasteiger partial charge < -0.3 is 10.6 Å². The van der Waals surface area contributed by atoms with Crippen molar-refractivity contribution < 1.29 is 18.0 Å². The Balaban J connectivity index is 2.24. The molecule has 0 spiro atoms. The van der Waals surface area contributed by atoms with E-state index in [1.165, 1.54) is 12.1 Å². The molecule has 2 N–H and O–H groups in total. The van der Waals surface area contributed by atoms with Crippen molar-refractivity contribution in [2.75, 3.05) is 13.1 Å². The summed E-state index contributed by atoms with van der Waals surface area (Å²) >= 11 is 1.12. The summed E-state index contributed by atoms with van der Waals surface area (Å²) in [5.74, 6) is -1.72. The number of rotatable bonds is 7. The molecule has 6 nitrogen and oxygen atoms in total. The van der Waals surface area contributed by atoms with Gasteiger partial charge in [-0.05, 0) is 23.9 Å². The number of carbonyl (C=O) groups is 2. The summed E-state index contributed by atoms with van der Waals surface area (Å²) in [4.78, 5) is 23.6. The van der Waals surface area contributed by atoms with Gasteiger partial charge in [-0.1, -0.05) is 42.0 Å². The summed E-state index contributed by atoms with van der Waals surface area (Å²) in [6, 6.07) is 10.2. The standard InChI is InChI=1S/C18H20N2O4S2/c1-3-10-19-17(21)18(22)20-12-15(14-8-6-13(2)7-9-14)26(23,24)16-5-4-11-25-16/h3-9,11,15H,1,10,12H2,2H3,(H,19,21)(H,20,22)/t15-/m1/s1. The summed E-state index contributed by atoms with van der Waals surface area (Å²) in [5.41, 5.74) is 1.55. The highest BCUT2D eigenvalue weighted by atomic mass is 32.2. The van der Waals surface area contributed by atoms with Crippen molar-refractivity contribution in [3.05, 3.63) is 65.6 Å². The molecule has 0 aliphatic carbocycles. The van der Waals surface area contributed by atoms with Crippen LogP contribution in [0.1, 0.15) is 16.4 Å². The SMILES string of the molecule is C=CCNC(=O)C(=O)NC[C@H](c1ccc(C)cc1)S(=O)(=O)c1cccs1. The van der Waals surface area contributed by atoms with E-state index in [0.717, 1.165) is 16.9 Å². The molecule has 26 heavy (non-hydrogen) atoms. The van der Waals surface area contributed by atoms with Crippen LogP contribution in [0.2, 0.25) is 0 Å². The van der Waals surface area contributed by atoms with Gasteiger partial charge in [0, 0.05) is 13.1 Å². The maximum atomic E-state index is 13.0. The number of hydrogen-bond acceptors (Lipinski definition) is 5. The van der Waals surface area contributed by atoms with Gasteiger partial charge in [-0.2, -0.15) is 0 Å². The zero-order chi connectivity index (χ0) is 19.2. The zero-order valence-corrected chi connectivity index (χ0v) is 15.9. The molecular formula is C18H20N2O4S2. The summed E-state index contributed by atoms with van der Waals surface area (Å²) in [6.07, 6.45) is 1.45. The van der Waals surface area contributed by atoms with Gasteiger partial charge in [0.2, 0.25) is 0 Å². The lowest BCUT2D eigenvalue weighted by Crippen LogP contribution is -2.42. The Morgan fingerprint density at radius 2 is 1.81 bits per heavy atom. The fraction of sp³-hybridized carbons (Fsp3) is 0.222. The number of aryl methyl sites for hydroxylation is 1. The van der Waals surface area contributed by atoms with Crippen molar-refractivity contribution in [3.63, 3.8) is 0 Å². The van der Waals surface area contributed by atoms with Crippen LogP contribution in [0.4, 0.5) is 0 Å². The molecule has 1 aromatic carbocycles. The molecule has 138 valence electrons. The summed E-state index contributed by atoms with van der Waals surface area (Å²) < 4.78 is 26.2. The second-order valence-corrected chi connectivity index (χ2v) is 8.89. The van der Waals surface area contributed by atoms with Crippen LogP contribution in [0.25, 0.3) is 0 Å². The van der Waals surface area contributed by atoms with Crippen LogP contribution in [0.3, 0.4) is 0 Å². The fourth-order valence-corrected chi connectivity index (χ4v) is 5.13. The van der Waals surface area contributed by atoms with E-state index in [1.54, 1.807) is 23.6 Å². The Hall–Kier alpha value is -2.45. The van der Waals surface area contributed by atoms with E-state index in [2.05, 4.69) is 17.2 Å². The van der Waals surface area contributed by atoms with Gasteiger partial charge in [0.25, 0.3) is 0 Å². The number of sulfone groups is 1. The first kappa shape index (κ1) is 19.9. The van der Waals surface area contributed by atoms with E-state index >= 15 is 0 Å². The molecule has 2 amide bonds. The molecular weight excluding hydrogens is 372 g/mol. The zero-order valence-electron chi connectivity index (χ0n) is 14.3. The normalized spacial score (nSPS) is 12.2. The van der Waals surface area contributed by atoms with Crippen molar-refractivity contribution in [1.29, 1.82) is 0 Å². The van der Waals surface area contributed by atoms with Crippen molar-refractivity contribution in [3.8, 4) is 0 Å². The lowest BCUT2D eigenvalue weighted by atomic mass is 10.1. The molecule has 2 rings (SSSR count). The average molecular weight is 393 g/mol. The first-order valence-electron chi connectivity index (χ1n) is 7.87. The topological polar surface area (TPSA) is 92.3 Å². The van der Waals surface area contributed by atoms with Crippen LogP contribution >= 0.6 is 11.3 Å². The second-order valence-electron chi connectivity index (χ2n) is 5.59. The predicted molar refractivity (Wildman–Crippen MR) is 102 cm³/mol. The van der Waals surface area contributed by atoms with Crippen molar-refractivity contribution in [2.24, 2.45) is 0 Å². The van der Waals surface area contributed by atoms with Crippen LogP contribution in [0.15, 0.2) is 58.6 Å². The molecule has 0 unspecified atom stereocenters. The van der Waals surface area contributed by atoms with Gasteiger partial charge in [-0.3, -0.25) is 9.59 Å². The number of thiophene rings is 1. The van der Waals surface area contributed by atoms with Gasteiger partial charge >= 0.3 is 11.8 Å². The Morgan fingerprint density at radius 1 is 1.15 bits per heavy atom. The fourth-order valence-electron chi connectivity index (χ4n) is 2.26. The highest BCUT2D eigenvalue weighted by Gasteiger charge is 2.31. The monoisotopic (exact) mass is 392 g/mol. The molecule has 0 saturated carbocycles. The molecule has 0 aliphatic rings. The molecule has 0 aliphatic heterocycles. The Kier molecular flexibility index (Phi) is 6.70. The van der Waals surface area contributed by atoms with E-state index < -0.39 is 26.9 Å². The third-order valence-corrected chi connectivity index (χ3v) is 7.19. The first-order chi connectivity index (χ1) is 12.4. The van der Waals surface area contributed by atoms with Gasteiger partial charge in [0.15, 0.2) is 9.84 Å². The molecule has 1 atom stereocenters. The van der Waals surface area contributed by atoms with Gasteiger partial charge in [-0.15, -0.1) is 17.9 Å². The van der Waals surface area contributed by atoms with Crippen molar-refractivity contribution in [1.82, 2.24) is 10.6 Å². The lowest BCUT2D eigenvalue weighted by molar-refractivity contribution is -0.139. The van der Waals surface area contributed by atoms with Crippen molar-refractivity contribution in [2.45, 2.75) is 16.4 Å². The average Bonchev–Trinajstić information content (AvgIpc) is 3.16. The Morgan fingerprint density at radius 3 is 2.38 bits per heavy atom. The number of nitrogens with one attached hydrogen (secondary N) is 2. The molecule has 1 aromatic heterocycles. The summed E-state index contributed by atoms with van der Waals surface area (Å²) in [5, 5.41) is 5.46. The highest BCUT2D eigenvalue weighted by molar-refractivity contribution is 7.93. The number of benzene rings is 1. The second kappa shape index (κ2) is 8.77. The van der Waals surface area contributed by atoms with E-state index in [9.17, 15) is 18.0 Å². The van der Waals surface area contributed by atoms with Crippen LogP contribution < -0.4 is 10.6 Å². The molecule has 0 bridgehead atoms. The maximum absolute atomic E-state index is 13.0. The van der Waals surface area contributed by atoms with E-state index in [-0.39, 0.29) is 17.3 Å². The maximum Gasteiger partial charge on any atom is 0.309 e. The quantitative estimate of drug-likeness (QED) is 0.557. The van der Waals surface area contributed by atoms with Crippen LogP contribution in [0.5, 0.6) is 0 Å². The highest BCUT2D eigenvalue weighted by Crippen LogP contribution is 2.31. The molecule has 0 fully saturated rings.